The molecule has 4 heterocycles. The van der Waals surface area contributed by atoms with Crippen LogP contribution in [0.15, 0.2) is 59.5 Å². The van der Waals surface area contributed by atoms with Crippen molar-refractivity contribution in [3.05, 3.63) is 60.9 Å². The molecule has 4 aromatic heterocycles. The number of pyridine rings is 1. The Bertz CT molecular complexity index is 1170. The van der Waals surface area contributed by atoms with Crippen molar-refractivity contribution in [3.63, 3.8) is 0 Å². The number of hydrogen-bond donors (Lipinski definition) is 2. The maximum absolute atomic E-state index is 12.9. The first-order valence-corrected chi connectivity index (χ1v) is 10.2. The summed E-state index contributed by atoms with van der Waals surface area (Å²) in [4.78, 5) is 19.5. The van der Waals surface area contributed by atoms with Gasteiger partial charge in [0.05, 0.1) is 29.2 Å². The lowest BCUT2D eigenvalue weighted by Crippen LogP contribution is -2.41. The van der Waals surface area contributed by atoms with Gasteiger partial charge in [0, 0.05) is 24.6 Å². The third kappa shape index (κ3) is 3.75. The number of anilines is 1. The van der Waals surface area contributed by atoms with E-state index in [4.69, 9.17) is 9.52 Å². The Balaban J connectivity index is 1.40. The van der Waals surface area contributed by atoms with E-state index in [2.05, 4.69) is 39.5 Å². The van der Waals surface area contributed by atoms with Crippen LogP contribution in [0.1, 0.15) is 29.4 Å². The fourth-order valence-corrected chi connectivity index (χ4v) is 3.74. The number of carbonyl (C=O) groups excluding carboxylic acids is 1. The van der Waals surface area contributed by atoms with Gasteiger partial charge in [-0.3, -0.25) is 19.6 Å². The number of aromatic amines is 1. The molecule has 1 aliphatic rings. The number of furan rings is 1. The minimum absolute atomic E-state index is 0.215. The molecule has 1 amide bonds. The molecule has 0 aliphatic heterocycles. The predicted octanol–water partition coefficient (Wildman–Crippen LogP) is 3.45. The maximum Gasteiger partial charge on any atom is 0.291 e. The van der Waals surface area contributed by atoms with Gasteiger partial charge in [0.1, 0.15) is 11.5 Å². The maximum atomic E-state index is 12.9. The topological polar surface area (TPSA) is 105 Å². The Morgan fingerprint density at radius 3 is 2.84 bits per heavy atom. The first-order valence-electron chi connectivity index (χ1n) is 10.2. The quantitative estimate of drug-likeness (QED) is 0.498. The molecule has 0 spiro atoms. The number of carbonyl (C=O) groups is 1. The van der Waals surface area contributed by atoms with E-state index in [-0.39, 0.29) is 11.7 Å². The standard InChI is InChI=1S/C22H23N7O2/c1-28(2)15-9-16(10-15)29-13-18(21(27-29)17-5-3-4-8-23-17)26-22(30)20-7-6-19(31-20)14-11-24-25-12-14/h3-8,11-13,15-16H,9-10H2,1-2H3,(H,24,25)(H,26,30)/t15-,16+. The van der Waals surface area contributed by atoms with E-state index >= 15 is 0 Å². The summed E-state index contributed by atoms with van der Waals surface area (Å²) in [5.41, 5.74) is 2.74. The Morgan fingerprint density at radius 1 is 1.26 bits per heavy atom. The van der Waals surface area contributed by atoms with E-state index in [1.807, 2.05) is 29.1 Å². The highest BCUT2D eigenvalue weighted by molar-refractivity contribution is 6.04. The molecule has 1 saturated carbocycles. The van der Waals surface area contributed by atoms with Gasteiger partial charge >= 0.3 is 0 Å². The molecule has 0 atom stereocenters. The Morgan fingerprint density at radius 2 is 2.13 bits per heavy atom. The van der Waals surface area contributed by atoms with Crippen LogP contribution >= 0.6 is 0 Å². The first-order chi connectivity index (χ1) is 15.1. The molecule has 0 radical (unpaired) electrons. The van der Waals surface area contributed by atoms with Crippen molar-refractivity contribution in [2.24, 2.45) is 0 Å². The van der Waals surface area contributed by atoms with Crippen LogP contribution in [0.25, 0.3) is 22.7 Å². The molecule has 2 N–H and O–H groups in total. The minimum Gasteiger partial charge on any atom is -0.451 e. The lowest BCUT2D eigenvalue weighted by molar-refractivity contribution is 0.0997. The summed E-state index contributed by atoms with van der Waals surface area (Å²) >= 11 is 0. The second-order valence-electron chi connectivity index (χ2n) is 7.93. The molecule has 158 valence electrons. The lowest BCUT2D eigenvalue weighted by Gasteiger charge is -2.39. The van der Waals surface area contributed by atoms with Gasteiger partial charge in [-0.15, -0.1) is 0 Å². The Labute approximate surface area is 179 Å². The highest BCUT2D eigenvalue weighted by Gasteiger charge is 2.33. The average Bonchev–Trinajstić information content (AvgIpc) is 3.48. The molecular weight excluding hydrogens is 394 g/mol. The van der Waals surface area contributed by atoms with Crippen molar-refractivity contribution in [2.45, 2.75) is 24.9 Å². The van der Waals surface area contributed by atoms with Crippen LogP contribution in [-0.2, 0) is 0 Å². The summed E-state index contributed by atoms with van der Waals surface area (Å²) in [7, 11) is 4.19. The summed E-state index contributed by atoms with van der Waals surface area (Å²) in [5, 5.41) is 14.4. The molecule has 0 aromatic carbocycles. The molecule has 1 fully saturated rings. The van der Waals surface area contributed by atoms with Crippen molar-refractivity contribution in [3.8, 4) is 22.7 Å². The van der Waals surface area contributed by atoms with Crippen LogP contribution < -0.4 is 5.32 Å². The normalized spacial score (nSPS) is 18.2. The number of rotatable bonds is 6. The predicted molar refractivity (Wildman–Crippen MR) is 115 cm³/mol. The second kappa shape index (κ2) is 7.84. The van der Waals surface area contributed by atoms with Gasteiger partial charge in [0.25, 0.3) is 5.91 Å². The largest absolute Gasteiger partial charge is 0.451 e. The van der Waals surface area contributed by atoms with E-state index in [9.17, 15) is 4.79 Å². The van der Waals surface area contributed by atoms with Gasteiger partial charge < -0.3 is 14.6 Å². The second-order valence-corrected chi connectivity index (χ2v) is 7.93. The van der Waals surface area contributed by atoms with E-state index in [0.717, 1.165) is 18.4 Å². The summed E-state index contributed by atoms with van der Waals surface area (Å²) in [6, 6.07) is 9.89. The van der Waals surface area contributed by atoms with Gasteiger partial charge in [-0.2, -0.15) is 10.2 Å². The van der Waals surface area contributed by atoms with Crippen molar-refractivity contribution in [1.82, 2.24) is 29.9 Å². The third-order valence-electron chi connectivity index (χ3n) is 5.69. The fourth-order valence-electron chi connectivity index (χ4n) is 3.74. The number of nitrogens with zero attached hydrogens (tertiary/aromatic N) is 5. The number of H-pyrrole nitrogens is 1. The van der Waals surface area contributed by atoms with Crippen molar-refractivity contribution < 1.29 is 9.21 Å². The summed E-state index contributed by atoms with van der Waals surface area (Å²) in [6.07, 6.45) is 9.01. The van der Waals surface area contributed by atoms with Crippen molar-refractivity contribution in [1.29, 1.82) is 0 Å². The van der Waals surface area contributed by atoms with E-state index < -0.39 is 0 Å². The van der Waals surface area contributed by atoms with E-state index in [1.165, 1.54) is 0 Å². The lowest BCUT2D eigenvalue weighted by atomic mass is 9.86. The molecule has 0 bridgehead atoms. The van der Waals surface area contributed by atoms with Gasteiger partial charge in [-0.05, 0) is 51.2 Å². The van der Waals surface area contributed by atoms with Crippen molar-refractivity contribution >= 4 is 11.6 Å². The smallest absolute Gasteiger partial charge is 0.291 e. The zero-order chi connectivity index (χ0) is 21.4. The first kappa shape index (κ1) is 19.3. The molecule has 5 rings (SSSR count). The Kier molecular flexibility index (Phi) is 4.87. The zero-order valence-corrected chi connectivity index (χ0v) is 17.3. The molecule has 4 aromatic rings. The van der Waals surface area contributed by atoms with Crippen LogP contribution in [0, 0.1) is 0 Å². The molecule has 31 heavy (non-hydrogen) atoms. The summed E-state index contributed by atoms with van der Waals surface area (Å²) < 4.78 is 7.66. The highest BCUT2D eigenvalue weighted by Crippen LogP contribution is 2.37. The average molecular weight is 417 g/mol. The fraction of sp³-hybridized carbons (Fsp3) is 0.273. The van der Waals surface area contributed by atoms with Gasteiger partial charge in [0.2, 0.25) is 0 Å². The number of amides is 1. The van der Waals surface area contributed by atoms with E-state index in [1.54, 1.807) is 30.7 Å². The number of hydrogen-bond acceptors (Lipinski definition) is 6. The SMILES string of the molecule is CN(C)[C@H]1C[C@@H](n2cc(NC(=O)c3ccc(-c4cn[nH]c4)o3)c(-c3ccccn3)n2)C1. The van der Waals surface area contributed by atoms with Crippen LogP contribution in [0.4, 0.5) is 5.69 Å². The molecule has 9 heteroatoms. The molecular formula is C22H23N7O2. The summed E-state index contributed by atoms with van der Waals surface area (Å²) in [5.74, 6) is 0.447. The number of nitrogens with one attached hydrogen (secondary N) is 2. The van der Waals surface area contributed by atoms with Crippen LogP contribution in [0.2, 0.25) is 0 Å². The minimum atomic E-state index is -0.341. The zero-order valence-electron chi connectivity index (χ0n) is 17.3. The molecule has 0 unspecified atom stereocenters. The highest BCUT2D eigenvalue weighted by atomic mass is 16.3. The van der Waals surface area contributed by atoms with Crippen molar-refractivity contribution in [2.75, 3.05) is 19.4 Å². The van der Waals surface area contributed by atoms with Crippen LogP contribution in [0.5, 0.6) is 0 Å². The summed E-state index contributed by atoms with van der Waals surface area (Å²) in [6.45, 7) is 0. The number of aromatic nitrogens is 5. The van der Waals surface area contributed by atoms with Crippen LogP contribution in [0.3, 0.4) is 0 Å². The van der Waals surface area contributed by atoms with E-state index in [0.29, 0.717) is 34.9 Å². The van der Waals surface area contributed by atoms with Crippen LogP contribution in [-0.4, -0.2) is 55.9 Å². The molecule has 9 nitrogen and oxygen atoms in total. The monoisotopic (exact) mass is 417 g/mol. The molecule has 1 aliphatic carbocycles. The van der Waals surface area contributed by atoms with Gasteiger partial charge in [0.15, 0.2) is 5.76 Å². The molecule has 0 saturated heterocycles. The van der Waals surface area contributed by atoms with Gasteiger partial charge in [-0.1, -0.05) is 6.07 Å². The Hall–Kier alpha value is -3.72. The third-order valence-corrected chi connectivity index (χ3v) is 5.69. The van der Waals surface area contributed by atoms with Gasteiger partial charge in [-0.25, -0.2) is 0 Å².